The zero-order valence-electron chi connectivity index (χ0n) is 13.0. The quantitative estimate of drug-likeness (QED) is 0.541. The zero-order valence-corrected chi connectivity index (χ0v) is 13.8. The summed E-state index contributed by atoms with van der Waals surface area (Å²) in [6, 6.07) is 6.15. The van der Waals surface area contributed by atoms with Gasteiger partial charge in [-0.25, -0.2) is 12.7 Å². The molecule has 1 aromatic rings. The van der Waals surface area contributed by atoms with Gasteiger partial charge in [-0.2, -0.15) is 0 Å². The van der Waals surface area contributed by atoms with Crippen molar-refractivity contribution in [3.8, 4) is 0 Å². The van der Waals surface area contributed by atoms with E-state index in [0.29, 0.717) is 12.0 Å². The van der Waals surface area contributed by atoms with Gasteiger partial charge < -0.3 is 10.4 Å². The van der Waals surface area contributed by atoms with Gasteiger partial charge in [-0.05, 0) is 30.2 Å². The summed E-state index contributed by atoms with van der Waals surface area (Å²) in [5.74, 6) is -1.23. The van der Waals surface area contributed by atoms with Crippen LogP contribution in [0.2, 0.25) is 0 Å². The van der Waals surface area contributed by atoms with Gasteiger partial charge in [-0.15, -0.1) is 0 Å². The molecule has 8 heteroatoms. The lowest BCUT2D eigenvalue weighted by Crippen LogP contribution is -2.22. The van der Waals surface area contributed by atoms with Crippen LogP contribution in [0.4, 0.5) is 0 Å². The lowest BCUT2D eigenvalue weighted by molar-refractivity contribution is -0.137. The van der Waals surface area contributed by atoms with Crippen molar-refractivity contribution in [1.82, 2.24) is 9.62 Å². The van der Waals surface area contributed by atoms with E-state index in [0.717, 1.165) is 4.31 Å². The maximum Gasteiger partial charge on any atom is 0.303 e. The number of hydrogen-bond donors (Lipinski definition) is 2. The summed E-state index contributed by atoms with van der Waals surface area (Å²) in [4.78, 5) is 22.0. The summed E-state index contributed by atoms with van der Waals surface area (Å²) in [5.41, 5.74) is 0.684. The Morgan fingerprint density at radius 2 is 1.83 bits per heavy atom. The molecular formula is C15H20N2O5S. The van der Waals surface area contributed by atoms with E-state index in [9.17, 15) is 18.0 Å². The van der Waals surface area contributed by atoms with Crippen molar-refractivity contribution < 1.29 is 23.1 Å². The van der Waals surface area contributed by atoms with E-state index in [1.807, 2.05) is 0 Å². The second-order valence-electron chi connectivity index (χ2n) is 4.98. The average molecular weight is 340 g/mol. The van der Waals surface area contributed by atoms with E-state index >= 15 is 0 Å². The number of sulfonamides is 1. The average Bonchev–Trinajstić information content (AvgIpc) is 2.49. The lowest BCUT2D eigenvalue weighted by atomic mass is 10.2. The Hall–Kier alpha value is -2.19. The Balaban J connectivity index is 2.58. The molecule has 0 saturated carbocycles. The van der Waals surface area contributed by atoms with Crippen LogP contribution in [0.5, 0.6) is 0 Å². The van der Waals surface area contributed by atoms with Crippen molar-refractivity contribution >= 4 is 28.0 Å². The number of carbonyl (C=O) groups is 2. The summed E-state index contributed by atoms with van der Waals surface area (Å²) in [7, 11) is -0.553. The highest BCUT2D eigenvalue weighted by Gasteiger charge is 2.16. The van der Waals surface area contributed by atoms with Crippen molar-refractivity contribution in [2.24, 2.45) is 0 Å². The molecule has 0 spiro atoms. The molecular weight excluding hydrogens is 320 g/mol. The van der Waals surface area contributed by atoms with Gasteiger partial charge in [0.05, 0.1) is 4.90 Å². The number of nitrogens with one attached hydrogen (secondary N) is 1. The molecule has 23 heavy (non-hydrogen) atoms. The molecule has 0 bridgehead atoms. The van der Waals surface area contributed by atoms with Gasteiger partial charge in [0.15, 0.2) is 0 Å². The van der Waals surface area contributed by atoms with Gasteiger partial charge in [0, 0.05) is 33.1 Å². The smallest absolute Gasteiger partial charge is 0.303 e. The van der Waals surface area contributed by atoms with Gasteiger partial charge >= 0.3 is 5.97 Å². The third-order valence-electron chi connectivity index (χ3n) is 2.95. The highest BCUT2D eigenvalue weighted by atomic mass is 32.2. The minimum absolute atomic E-state index is 0.00576. The highest BCUT2D eigenvalue weighted by Crippen LogP contribution is 2.14. The first-order chi connectivity index (χ1) is 10.7. The molecule has 7 nitrogen and oxygen atoms in total. The Kier molecular flexibility index (Phi) is 6.92. The third-order valence-corrected chi connectivity index (χ3v) is 4.78. The first-order valence-corrected chi connectivity index (χ1v) is 8.38. The van der Waals surface area contributed by atoms with E-state index < -0.39 is 16.0 Å². The minimum Gasteiger partial charge on any atom is -0.481 e. The summed E-state index contributed by atoms with van der Waals surface area (Å²) in [5, 5.41) is 11.0. The van der Waals surface area contributed by atoms with Gasteiger partial charge in [0.1, 0.15) is 0 Å². The van der Waals surface area contributed by atoms with Gasteiger partial charge in [-0.3, -0.25) is 9.59 Å². The van der Waals surface area contributed by atoms with E-state index in [4.69, 9.17) is 5.11 Å². The zero-order chi connectivity index (χ0) is 17.5. The van der Waals surface area contributed by atoms with Crippen LogP contribution in [0, 0.1) is 0 Å². The van der Waals surface area contributed by atoms with Crippen LogP contribution >= 0.6 is 0 Å². The molecule has 0 aliphatic heterocycles. The Labute approximate surface area is 135 Å². The Morgan fingerprint density at radius 3 is 2.35 bits per heavy atom. The largest absolute Gasteiger partial charge is 0.481 e. The monoisotopic (exact) mass is 340 g/mol. The van der Waals surface area contributed by atoms with E-state index in [2.05, 4.69) is 5.32 Å². The van der Waals surface area contributed by atoms with Gasteiger partial charge in [0.25, 0.3) is 0 Å². The SMILES string of the molecule is CN(C)S(=O)(=O)c1ccc(C=CC(=O)NCCCC(=O)O)cc1. The van der Waals surface area contributed by atoms with Crippen molar-refractivity contribution in [2.45, 2.75) is 17.7 Å². The van der Waals surface area contributed by atoms with Crippen LogP contribution < -0.4 is 5.32 Å². The van der Waals surface area contributed by atoms with E-state index in [1.54, 1.807) is 18.2 Å². The fraction of sp³-hybridized carbons (Fsp3) is 0.333. The van der Waals surface area contributed by atoms with Crippen LogP contribution in [0.15, 0.2) is 35.2 Å². The molecule has 0 unspecified atom stereocenters. The first kappa shape index (κ1) is 18.9. The number of carbonyl (C=O) groups excluding carboxylic acids is 1. The fourth-order valence-corrected chi connectivity index (χ4v) is 2.55. The van der Waals surface area contributed by atoms with Crippen molar-refractivity contribution in [1.29, 1.82) is 0 Å². The molecule has 0 radical (unpaired) electrons. The number of nitrogens with zero attached hydrogens (tertiary/aromatic N) is 1. The molecule has 0 saturated heterocycles. The molecule has 0 aliphatic rings. The van der Waals surface area contributed by atoms with Gasteiger partial charge in [0.2, 0.25) is 15.9 Å². The molecule has 2 N–H and O–H groups in total. The predicted molar refractivity (Wildman–Crippen MR) is 86.2 cm³/mol. The molecule has 0 fully saturated rings. The van der Waals surface area contributed by atoms with Crippen molar-refractivity contribution in [3.05, 3.63) is 35.9 Å². The van der Waals surface area contributed by atoms with Gasteiger partial charge in [-0.1, -0.05) is 12.1 Å². The number of amides is 1. The van der Waals surface area contributed by atoms with E-state index in [-0.39, 0.29) is 23.8 Å². The highest BCUT2D eigenvalue weighted by molar-refractivity contribution is 7.89. The topological polar surface area (TPSA) is 104 Å². The van der Waals surface area contributed by atoms with E-state index in [1.165, 1.54) is 32.3 Å². The molecule has 1 aromatic carbocycles. The predicted octanol–water partition coefficient (Wildman–Crippen LogP) is 0.931. The molecule has 0 atom stereocenters. The first-order valence-electron chi connectivity index (χ1n) is 6.94. The number of hydrogen-bond acceptors (Lipinski definition) is 4. The van der Waals surface area contributed by atoms with Crippen molar-refractivity contribution in [2.75, 3.05) is 20.6 Å². The van der Waals surface area contributed by atoms with Crippen LogP contribution in [0.25, 0.3) is 6.08 Å². The number of carboxylic acids is 1. The standard InChI is InChI=1S/C15H20N2O5S/c1-17(2)23(21,22)13-8-5-12(6-9-13)7-10-14(18)16-11-3-4-15(19)20/h5-10H,3-4,11H2,1-2H3,(H,16,18)(H,19,20). The van der Waals surface area contributed by atoms with Crippen molar-refractivity contribution in [3.63, 3.8) is 0 Å². The lowest BCUT2D eigenvalue weighted by Gasteiger charge is -2.11. The molecule has 1 amide bonds. The molecule has 0 aromatic heterocycles. The number of aliphatic carboxylic acids is 1. The Bertz CT molecular complexity index is 678. The maximum absolute atomic E-state index is 11.9. The van der Waals surface area contributed by atoms with Crippen LogP contribution in [0.3, 0.4) is 0 Å². The fourth-order valence-electron chi connectivity index (χ4n) is 1.64. The van der Waals surface area contributed by atoms with Crippen LogP contribution in [-0.2, 0) is 19.6 Å². The summed E-state index contributed by atoms with van der Waals surface area (Å²) >= 11 is 0. The summed E-state index contributed by atoms with van der Waals surface area (Å²) < 4.78 is 24.9. The summed E-state index contributed by atoms with van der Waals surface area (Å²) in [6.07, 6.45) is 3.24. The summed E-state index contributed by atoms with van der Waals surface area (Å²) in [6.45, 7) is 0.287. The molecule has 126 valence electrons. The third kappa shape index (κ3) is 6.21. The van der Waals surface area contributed by atoms with Crippen LogP contribution in [0.1, 0.15) is 18.4 Å². The normalized spacial score (nSPS) is 11.8. The number of benzene rings is 1. The second-order valence-corrected chi connectivity index (χ2v) is 7.13. The molecule has 0 heterocycles. The number of rotatable bonds is 8. The molecule has 0 aliphatic carbocycles. The Morgan fingerprint density at radius 1 is 1.22 bits per heavy atom. The second kappa shape index (κ2) is 8.44. The van der Waals surface area contributed by atoms with Crippen LogP contribution in [-0.4, -0.2) is 50.3 Å². The minimum atomic E-state index is -3.46. The molecule has 1 rings (SSSR count). The number of carboxylic acid groups (broad SMARTS) is 1. The maximum atomic E-state index is 11.9.